The van der Waals surface area contributed by atoms with E-state index in [1.54, 1.807) is 27.8 Å². The van der Waals surface area contributed by atoms with Gasteiger partial charge < -0.3 is 16.0 Å². The lowest BCUT2D eigenvalue weighted by Gasteiger charge is -2.23. The van der Waals surface area contributed by atoms with Gasteiger partial charge in [-0.15, -0.1) is 11.3 Å². The quantitative estimate of drug-likeness (QED) is 0.294. The first-order valence-corrected chi connectivity index (χ1v) is 13.4. The van der Waals surface area contributed by atoms with E-state index in [0.717, 1.165) is 33.1 Å². The number of pyridine rings is 1. The Morgan fingerprint density at radius 1 is 1.00 bits per heavy atom. The van der Waals surface area contributed by atoms with Crippen LogP contribution in [0.3, 0.4) is 0 Å². The number of benzene rings is 2. The van der Waals surface area contributed by atoms with Crippen molar-refractivity contribution in [3.8, 4) is 21.8 Å². The molecule has 39 heavy (non-hydrogen) atoms. The summed E-state index contributed by atoms with van der Waals surface area (Å²) in [5.74, 6) is -0.376. The fourth-order valence-corrected chi connectivity index (χ4v) is 6.04. The molecule has 6 rings (SSSR count). The molecule has 0 spiro atoms. The number of thiophene rings is 1. The third-order valence-electron chi connectivity index (χ3n) is 6.76. The predicted molar refractivity (Wildman–Crippen MR) is 155 cm³/mol. The van der Waals surface area contributed by atoms with Crippen molar-refractivity contribution in [2.45, 2.75) is 13.3 Å². The Hall–Kier alpha value is -4.76. The first-order valence-electron chi connectivity index (χ1n) is 12.6. The highest BCUT2D eigenvalue weighted by Crippen LogP contribution is 2.42. The molecular weight excluding hydrogens is 508 g/mol. The third kappa shape index (κ3) is 4.57. The zero-order chi connectivity index (χ0) is 27.1. The maximum absolute atomic E-state index is 13.8. The molecule has 0 unspecified atom stereocenters. The number of nitrogens with two attached hydrogens (primary N) is 1. The van der Waals surface area contributed by atoms with Crippen molar-refractivity contribution in [1.29, 1.82) is 0 Å². The topological polar surface area (TPSA) is 106 Å². The largest absolute Gasteiger partial charge is 0.397 e. The number of para-hydroxylation sites is 3. The lowest BCUT2D eigenvalue weighted by atomic mass is 10.1. The molecule has 0 fully saturated rings. The van der Waals surface area contributed by atoms with Gasteiger partial charge in [0.15, 0.2) is 0 Å². The molecule has 8 nitrogen and oxygen atoms in total. The van der Waals surface area contributed by atoms with Crippen molar-refractivity contribution in [1.82, 2.24) is 14.8 Å². The predicted octanol–water partition coefficient (Wildman–Crippen LogP) is 5.56. The van der Waals surface area contributed by atoms with E-state index in [2.05, 4.69) is 10.4 Å². The van der Waals surface area contributed by atoms with Crippen LogP contribution in [0.15, 0.2) is 78.9 Å². The number of rotatable bonds is 4. The number of fused-ring (bicyclic) bond motifs is 3. The molecule has 2 amide bonds. The molecule has 2 aromatic carbocycles. The van der Waals surface area contributed by atoms with Gasteiger partial charge in [-0.25, -0.2) is 4.98 Å². The van der Waals surface area contributed by atoms with Gasteiger partial charge in [-0.2, -0.15) is 5.10 Å². The number of amides is 2. The number of aromatic nitrogens is 3. The van der Waals surface area contributed by atoms with Crippen LogP contribution >= 0.6 is 11.3 Å². The molecule has 1 aliphatic heterocycles. The molecule has 4 heterocycles. The van der Waals surface area contributed by atoms with Crippen LogP contribution in [0, 0.1) is 6.92 Å². The van der Waals surface area contributed by atoms with E-state index in [1.165, 1.54) is 11.3 Å². The summed E-state index contributed by atoms with van der Waals surface area (Å²) in [6, 6.07) is 24.4. The lowest BCUT2D eigenvalue weighted by Crippen LogP contribution is -2.33. The second-order valence-electron chi connectivity index (χ2n) is 9.43. The smallest absolute Gasteiger partial charge is 0.276 e. The van der Waals surface area contributed by atoms with Crippen LogP contribution < -0.4 is 16.0 Å². The Balaban J connectivity index is 1.32. The summed E-state index contributed by atoms with van der Waals surface area (Å²) in [5.41, 5.74) is 12.7. The van der Waals surface area contributed by atoms with Crippen LogP contribution in [0.1, 0.15) is 31.4 Å². The zero-order valence-electron chi connectivity index (χ0n) is 21.5. The number of hydrogen-bond donors (Lipinski definition) is 2. The van der Waals surface area contributed by atoms with Crippen LogP contribution in [-0.2, 0) is 13.5 Å². The lowest BCUT2D eigenvalue weighted by molar-refractivity contribution is 0.0981. The van der Waals surface area contributed by atoms with Crippen LogP contribution in [0.25, 0.3) is 21.8 Å². The van der Waals surface area contributed by atoms with E-state index in [-0.39, 0.29) is 11.8 Å². The first kappa shape index (κ1) is 24.6. The van der Waals surface area contributed by atoms with Crippen LogP contribution in [0.4, 0.5) is 17.1 Å². The first-order chi connectivity index (χ1) is 18.9. The maximum atomic E-state index is 13.8. The molecule has 0 bridgehead atoms. The summed E-state index contributed by atoms with van der Waals surface area (Å²) in [6.07, 6.45) is 0.605. The van der Waals surface area contributed by atoms with Gasteiger partial charge in [0, 0.05) is 24.0 Å². The average Bonchev–Trinajstić information content (AvgIpc) is 3.48. The SMILES string of the molecule is Cc1cc(-c2cccc(C(=O)N3CCc4cc(C(=O)Nc5ccccc5N)sc4-c4ccccc43)n2)n(C)n1. The molecule has 194 valence electrons. The third-order valence-corrected chi connectivity index (χ3v) is 7.97. The standard InChI is InChI=1S/C30H26N6O2S/c1-18-16-26(35(2)34-18)23-11-7-12-24(32-23)30(38)36-15-14-19-17-27(29(37)33-22-10-5-4-9-21(22)31)39-28(19)20-8-3-6-13-25(20)36/h3-13,16-17H,14-15,31H2,1-2H3,(H,33,37). The van der Waals surface area contributed by atoms with Gasteiger partial charge in [0.05, 0.1) is 39.0 Å². The van der Waals surface area contributed by atoms with Crippen molar-refractivity contribution >= 4 is 40.2 Å². The van der Waals surface area contributed by atoms with E-state index in [0.29, 0.717) is 40.6 Å². The molecule has 3 N–H and O–H groups in total. The molecule has 3 aromatic heterocycles. The Labute approximate surface area is 229 Å². The fourth-order valence-electron chi connectivity index (χ4n) is 4.90. The molecule has 1 aliphatic rings. The van der Waals surface area contributed by atoms with Crippen molar-refractivity contribution in [3.05, 3.63) is 101 Å². The molecule has 0 saturated heterocycles. The number of nitrogens with zero attached hydrogens (tertiary/aromatic N) is 4. The second-order valence-corrected chi connectivity index (χ2v) is 10.5. The summed E-state index contributed by atoms with van der Waals surface area (Å²) in [4.78, 5) is 35.0. The molecular formula is C30H26N6O2S. The highest BCUT2D eigenvalue weighted by molar-refractivity contribution is 7.17. The second kappa shape index (κ2) is 9.85. The minimum atomic E-state index is -0.206. The van der Waals surface area contributed by atoms with Crippen molar-refractivity contribution < 1.29 is 9.59 Å². The fraction of sp³-hybridized carbons (Fsp3) is 0.133. The van der Waals surface area contributed by atoms with E-state index < -0.39 is 0 Å². The Morgan fingerprint density at radius 3 is 2.59 bits per heavy atom. The molecule has 9 heteroatoms. The minimum absolute atomic E-state index is 0.170. The Bertz CT molecular complexity index is 1740. The average molecular weight is 535 g/mol. The minimum Gasteiger partial charge on any atom is -0.397 e. The zero-order valence-corrected chi connectivity index (χ0v) is 22.3. The summed E-state index contributed by atoms with van der Waals surface area (Å²) in [5, 5.41) is 7.32. The van der Waals surface area contributed by atoms with Gasteiger partial charge in [0.2, 0.25) is 0 Å². The van der Waals surface area contributed by atoms with Crippen LogP contribution in [0.5, 0.6) is 0 Å². The highest BCUT2D eigenvalue weighted by atomic mass is 32.1. The van der Waals surface area contributed by atoms with Crippen molar-refractivity contribution in [3.63, 3.8) is 0 Å². The van der Waals surface area contributed by atoms with Gasteiger partial charge in [0.1, 0.15) is 5.69 Å². The molecule has 5 aromatic rings. The molecule has 0 radical (unpaired) electrons. The van der Waals surface area contributed by atoms with Gasteiger partial charge >= 0.3 is 0 Å². The van der Waals surface area contributed by atoms with E-state index >= 15 is 0 Å². The maximum Gasteiger partial charge on any atom is 0.276 e. The molecule has 0 atom stereocenters. The number of carbonyl (C=O) groups excluding carboxylic acids is 2. The normalized spacial score (nSPS) is 12.4. The van der Waals surface area contributed by atoms with Crippen LogP contribution in [-0.4, -0.2) is 33.1 Å². The summed E-state index contributed by atoms with van der Waals surface area (Å²) in [6.45, 7) is 2.39. The monoisotopic (exact) mass is 534 g/mol. The Morgan fingerprint density at radius 2 is 1.79 bits per heavy atom. The van der Waals surface area contributed by atoms with Gasteiger partial charge in [-0.3, -0.25) is 14.3 Å². The van der Waals surface area contributed by atoms with E-state index in [1.807, 2.05) is 74.6 Å². The highest BCUT2D eigenvalue weighted by Gasteiger charge is 2.28. The summed E-state index contributed by atoms with van der Waals surface area (Å²) < 4.78 is 1.77. The summed E-state index contributed by atoms with van der Waals surface area (Å²) >= 11 is 1.42. The number of hydrogen-bond acceptors (Lipinski definition) is 6. The molecule has 0 aliphatic carbocycles. The van der Waals surface area contributed by atoms with E-state index in [9.17, 15) is 9.59 Å². The van der Waals surface area contributed by atoms with Gasteiger partial charge in [-0.1, -0.05) is 36.4 Å². The number of anilines is 3. The van der Waals surface area contributed by atoms with Crippen LogP contribution in [0.2, 0.25) is 0 Å². The number of nitrogen functional groups attached to an aromatic ring is 1. The number of aryl methyl sites for hydroxylation is 2. The number of carbonyl (C=O) groups is 2. The van der Waals surface area contributed by atoms with Gasteiger partial charge in [-0.05, 0) is 61.4 Å². The summed E-state index contributed by atoms with van der Waals surface area (Å²) in [7, 11) is 1.87. The molecule has 0 saturated carbocycles. The van der Waals surface area contributed by atoms with E-state index in [4.69, 9.17) is 10.7 Å². The van der Waals surface area contributed by atoms with Gasteiger partial charge in [0.25, 0.3) is 11.8 Å². The number of nitrogens with one attached hydrogen (secondary N) is 1. The van der Waals surface area contributed by atoms with Crippen molar-refractivity contribution in [2.75, 3.05) is 22.5 Å². The van der Waals surface area contributed by atoms with Crippen molar-refractivity contribution in [2.24, 2.45) is 7.05 Å². The Kier molecular flexibility index (Phi) is 6.20.